The molecular formula is C21H23Cl2N3O3S2. The maximum absolute atomic E-state index is 12.9. The molecular weight excluding hydrogens is 477 g/mol. The van der Waals surface area contributed by atoms with Gasteiger partial charge in [0.1, 0.15) is 0 Å². The third kappa shape index (κ3) is 5.04. The minimum atomic E-state index is -3.60. The van der Waals surface area contributed by atoms with Gasteiger partial charge in [-0.3, -0.25) is 4.79 Å². The summed E-state index contributed by atoms with van der Waals surface area (Å²) in [6.45, 7) is 4.80. The molecule has 3 aromatic rings. The predicted molar refractivity (Wildman–Crippen MR) is 126 cm³/mol. The maximum atomic E-state index is 12.9. The van der Waals surface area contributed by atoms with Crippen molar-refractivity contribution in [3.05, 3.63) is 56.8 Å². The summed E-state index contributed by atoms with van der Waals surface area (Å²) in [6, 6.07) is 9.31. The van der Waals surface area contributed by atoms with E-state index in [9.17, 15) is 13.2 Å². The number of benzene rings is 2. The van der Waals surface area contributed by atoms with Crippen LogP contribution in [0.3, 0.4) is 0 Å². The molecule has 0 spiro atoms. The number of hydrogen-bond acceptors (Lipinski definition) is 4. The largest absolute Gasteiger partial charge is 0.318 e. The molecule has 0 bridgehead atoms. The van der Waals surface area contributed by atoms with E-state index in [-0.39, 0.29) is 4.90 Å². The van der Waals surface area contributed by atoms with E-state index in [4.69, 9.17) is 23.2 Å². The third-order valence-electron chi connectivity index (χ3n) is 4.70. The standard InChI is InChI=1S/C21H23Cl2N3O3S2/c1-4-10-26(11-5-2)31(28,29)16-8-6-14(7-9-16)20(27)24-21-25(3)19-17(23)12-15(22)13-18(19)30-21/h6-9,12-13H,4-5,10-11H2,1-3H3. The first kappa shape index (κ1) is 23.9. The number of carbonyl (C=O) groups is 1. The normalized spacial score (nSPS) is 12.8. The fourth-order valence-corrected chi connectivity index (χ4v) is 6.67. The Bertz CT molecular complexity index is 1270. The van der Waals surface area contributed by atoms with Crippen LogP contribution in [0.4, 0.5) is 0 Å². The molecule has 0 aliphatic heterocycles. The highest BCUT2D eigenvalue weighted by molar-refractivity contribution is 7.89. The van der Waals surface area contributed by atoms with Crippen LogP contribution < -0.4 is 4.80 Å². The van der Waals surface area contributed by atoms with Crippen LogP contribution in [0.25, 0.3) is 10.2 Å². The van der Waals surface area contributed by atoms with E-state index in [0.717, 1.165) is 23.1 Å². The van der Waals surface area contributed by atoms with Crippen molar-refractivity contribution in [2.24, 2.45) is 12.0 Å². The van der Waals surface area contributed by atoms with Crippen molar-refractivity contribution in [2.45, 2.75) is 31.6 Å². The first-order valence-corrected chi connectivity index (χ1v) is 12.8. The highest BCUT2D eigenvalue weighted by atomic mass is 35.5. The van der Waals surface area contributed by atoms with E-state index >= 15 is 0 Å². The molecule has 3 rings (SSSR count). The second-order valence-electron chi connectivity index (χ2n) is 7.02. The van der Waals surface area contributed by atoms with Crippen LogP contribution in [0.2, 0.25) is 10.0 Å². The third-order valence-corrected chi connectivity index (χ3v) is 8.20. The average Bonchev–Trinajstić information content (AvgIpc) is 3.03. The first-order chi connectivity index (χ1) is 14.7. The van der Waals surface area contributed by atoms with Crippen LogP contribution in [-0.2, 0) is 17.1 Å². The van der Waals surface area contributed by atoms with Crippen molar-refractivity contribution in [2.75, 3.05) is 13.1 Å². The van der Waals surface area contributed by atoms with Crippen molar-refractivity contribution in [3.8, 4) is 0 Å². The van der Waals surface area contributed by atoms with E-state index in [2.05, 4.69) is 4.99 Å². The summed E-state index contributed by atoms with van der Waals surface area (Å²) in [5.41, 5.74) is 1.05. The van der Waals surface area contributed by atoms with Gasteiger partial charge < -0.3 is 4.57 Å². The molecule has 0 aliphatic carbocycles. The van der Waals surface area contributed by atoms with Crippen LogP contribution >= 0.6 is 34.5 Å². The number of aryl methyl sites for hydroxylation is 1. The van der Waals surface area contributed by atoms with Gasteiger partial charge >= 0.3 is 0 Å². The fourth-order valence-electron chi connectivity index (χ4n) is 3.23. The zero-order valence-electron chi connectivity index (χ0n) is 17.4. The van der Waals surface area contributed by atoms with E-state index in [1.54, 1.807) is 23.7 Å². The van der Waals surface area contributed by atoms with E-state index in [1.165, 1.54) is 39.9 Å². The van der Waals surface area contributed by atoms with Crippen LogP contribution in [0.1, 0.15) is 37.0 Å². The number of halogens is 2. The molecule has 0 saturated heterocycles. The number of aromatic nitrogens is 1. The summed E-state index contributed by atoms with van der Waals surface area (Å²) in [5, 5.41) is 0.989. The summed E-state index contributed by atoms with van der Waals surface area (Å²) in [5.74, 6) is -0.465. The Morgan fingerprint density at radius 1 is 1.10 bits per heavy atom. The molecule has 6 nitrogen and oxygen atoms in total. The number of thiazole rings is 1. The lowest BCUT2D eigenvalue weighted by atomic mass is 10.2. The number of rotatable bonds is 7. The smallest absolute Gasteiger partial charge is 0.279 e. The maximum Gasteiger partial charge on any atom is 0.279 e. The number of fused-ring (bicyclic) bond motifs is 1. The number of sulfonamides is 1. The van der Waals surface area contributed by atoms with Crippen molar-refractivity contribution in [3.63, 3.8) is 0 Å². The molecule has 0 atom stereocenters. The van der Waals surface area contributed by atoms with Gasteiger partial charge in [-0.15, -0.1) is 0 Å². The van der Waals surface area contributed by atoms with Gasteiger partial charge in [-0.25, -0.2) is 8.42 Å². The van der Waals surface area contributed by atoms with Crippen molar-refractivity contribution in [1.29, 1.82) is 0 Å². The molecule has 1 aromatic heterocycles. The van der Waals surface area contributed by atoms with Gasteiger partial charge in [-0.1, -0.05) is 48.4 Å². The molecule has 10 heteroatoms. The number of hydrogen-bond donors (Lipinski definition) is 0. The van der Waals surface area contributed by atoms with Gasteiger partial charge in [0.15, 0.2) is 4.80 Å². The molecule has 0 N–H and O–H groups in total. The Morgan fingerprint density at radius 2 is 1.71 bits per heavy atom. The van der Waals surface area contributed by atoms with Gasteiger partial charge in [-0.2, -0.15) is 9.30 Å². The Hall–Kier alpha value is -1.71. The number of nitrogens with zero attached hydrogens (tertiary/aromatic N) is 3. The summed E-state index contributed by atoms with van der Waals surface area (Å²) in [7, 11) is -1.82. The fraction of sp³-hybridized carbons (Fsp3) is 0.333. The SMILES string of the molecule is CCCN(CCC)S(=O)(=O)c1ccc(C(=O)N=c2sc3cc(Cl)cc(Cl)c3n2C)cc1. The molecule has 1 heterocycles. The molecule has 31 heavy (non-hydrogen) atoms. The van der Waals surface area contributed by atoms with Gasteiger partial charge in [0, 0.05) is 30.7 Å². The quantitative estimate of drug-likeness (QED) is 0.453. The molecule has 0 aliphatic rings. The first-order valence-electron chi connectivity index (χ1n) is 9.82. The number of amides is 1. The Labute approximate surface area is 195 Å². The lowest BCUT2D eigenvalue weighted by Gasteiger charge is -2.21. The molecule has 166 valence electrons. The second kappa shape index (κ2) is 9.83. The summed E-state index contributed by atoms with van der Waals surface area (Å²) in [4.78, 5) is 17.5. The molecule has 1 amide bonds. The average molecular weight is 500 g/mol. The lowest BCUT2D eigenvalue weighted by Crippen LogP contribution is -2.32. The Balaban J connectivity index is 1.93. The second-order valence-corrected chi connectivity index (χ2v) is 10.8. The zero-order chi connectivity index (χ0) is 22.8. The Morgan fingerprint density at radius 3 is 2.29 bits per heavy atom. The van der Waals surface area contributed by atoms with Crippen LogP contribution in [0, 0.1) is 0 Å². The molecule has 0 saturated carbocycles. The predicted octanol–water partition coefficient (Wildman–Crippen LogP) is 5.10. The van der Waals surface area contributed by atoms with Gasteiger partial charge in [-0.05, 0) is 49.2 Å². The van der Waals surface area contributed by atoms with Crippen molar-refractivity contribution >= 4 is 60.7 Å². The minimum Gasteiger partial charge on any atom is -0.318 e. The van der Waals surface area contributed by atoms with E-state index < -0.39 is 15.9 Å². The van der Waals surface area contributed by atoms with Crippen LogP contribution in [-0.4, -0.2) is 36.3 Å². The summed E-state index contributed by atoms with van der Waals surface area (Å²) in [6.07, 6.45) is 1.46. The molecule has 2 aromatic carbocycles. The topological polar surface area (TPSA) is 71.7 Å². The number of carbonyl (C=O) groups excluding carboxylic acids is 1. The summed E-state index contributed by atoms with van der Waals surface area (Å²) >= 11 is 13.6. The highest BCUT2D eigenvalue weighted by Gasteiger charge is 2.23. The van der Waals surface area contributed by atoms with Crippen molar-refractivity contribution in [1.82, 2.24) is 8.87 Å². The van der Waals surface area contributed by atoms with Gasteiger partial charge in [0.05, 0.1) is 20.1 Å². The van der Waals surface area contributed by atoms with E-state index in [1.807, 2.05) is 13.8 Å². The van der Waals surface area contributed by atoms with Gasteiger partial charge in [0.2, 0.25) is 10.0 Å². The summed E-state index contributed by atoms with van der Waals surface area (Å²) < 4.78 is 29.8. The highest BCUT2D eigenvalue weighted by Crippen LogP contribution is 2.29. The lowest BCUT2D eigenvalue weighted by molar-refractivity contribution is 0.0998. The molecule has 0 fully saturated rings. The van der Waals surface area contributed by atoms with Crippen LogP contribution in [0.5, 0.6) is 0 Å². The Kier molecular flexibility index (Phi) is 7.59. The zero-order valence-corrected chi connectivity index (χ0v) is 20.6. The minimum absolute atomic E-state index is 0.166. The molecule has 0 radical (unpaired) electrons. The van der Waals surface area contributed by atoms with Crippen molar-refractivity contribution < 1.29 is 13.2 Å². The monoisotopic (exact) mass is 499 g/mol. The van der Waals surface area contributed by atoms with Gasteiger partial charge in [0.25, 0.3) is 5.91 Å². The van der Waals surface area contributed by atoms with Crippen LogP contribution in [0.15, 0.2) is 46.3 Å². The molecule has 0 unspecified atom stereocenters. The van der Waals surface area contributed by atoms with E-state index in [0.29, 0.717) is 33.5 Å².